The number of hydrogen-bond acceptors (Lipinski definition) is 4. The van der Waals surface area contributed by atoms with Crippen molar-refractivity contribution < 1.29 is 13.9 Å². The van der Waals surface area contributed by atoms with Crippen LogP contribution >= 0.6 is 0 Å². The molecular formula is C17H16FN3O2. The predicted octanol–water partition coefficient (Wildman–Crippen LogP) is 3.05. The molecule has 0 radical (unpaired) electrons. The van der Waals surface area contributed by atoms with Crippen molar-refractivity contribution in [3.63, 3.8) is 0 Å². The highest BCUT2D eigenvalue weighted by molar-refractivity contribution is 5.31. The Morgan fingerprint density at radius 1 is 1.00 bits per heavy atom. The molecule has 0 unspecified atom stereocenters. The molecule has 3 rings (SSSR count). The number of hydrogen-bond donors (Lipinski definition) is 0. The average molecular weight is 313 g/mol. The molecule has 3 aromatic rings. The molecule has 0 amide bonds. The fourth-order valence-electron chi connectivity index (χ4n) is 2.09. The maximum atomic E-state index is 12.9. The van der Waals surface area contributed by atoms with Crippen molar-refractivity contribution in [2.45, 2.75) is 13.2 Å². The first kappa shape index (κ1) is 15.0. The largest absolute Gasteiger partial charge is 0.497 e. The first-order valence-electron chi connectivity index (χ1n) is 7.13. The molecule has 0 aliphatic heterocycles. The third-order valence-electron chi connectivity index (χ3n) is 3.29. The lowest BCUT2D eigenvalue weighted by Gasteiger charge is -2.04. The van der Waals surface area contributed by atoms with Crippen LogP contribution in [0.1, 0.15) is 11.3 Å². The van der Waals surface area contributed by atoms with Crippen molar-refractivity contribution in [3.8, 4) is 11.5 Å². The van der Waals surface area contributed by atoms with E-state index in [1.54, 1.807) is 23.9 Å². The molecule has 0 aliphatic rings. The Bertz CT molecular complexity index is 754. The first-order chi connectivity index (χ1) is 11.2. The minimum Gasteiger partial charge on any atom is -0.497 e. The van der Waals surface area contributed by atoms with Crippen LogP contribution in [0.2, 0.25) is 0 Å². The minimum absolute atomic E-state index is 0.249. The summed E-state index contributed by atoms with van der Waals surface area (Å²) in [6.07, 6.45) is 1.81. The van der Waals surface area contributed by atoms with Gasteiger partial charge in [-0.3, -0.25) is 0 Å². The van der Waals surface area contributed by atoms with Crippen LogP contribution in [0.25, 0.3) is 0 Å². The Hall–Kier alpha value is -2.89. The van der Waals surface area contributed by atoms with E-state index in [4.69, 9.17) is 9.47 Å². The van der Waals surface area contributed by atoms with Gasteiger partial charge in [-0.1, -0.05) is 17.3 Å². The molecule has 0 atom stereocenters. The zero-order valence-electron chi connectivity index (χ0n) is 12.6. The molecular weight excluding hydrogens is 297 g/mol. The molecule has 23 heavy (non-hydrogen) atoms. The van der Waals surface area contributed by atoms with Gasteiger partial charge in [0.25, 0.3) is 0 Å². The Kier molecular flexibility index (Phi) is 4.52. The molecule has 1 aromatic heterocycles. The highest BCUT2D eigenvalue weighted by Gasteiger charge is 2.03. The van der Waals surface area contributed by atoms with Gasteiger partial charge in [0.2, 0.25) is 0 Å². The summed E-state index contributed by atoms with van der Waals surface area (Å²) in [5.41, 5.74) is 1.68. The van der Waals surface area contributed by atoms with Crippen molar-refractivity contribution in [3.05, 3.63) is 71.8 Å². The van der Waals surface area contributed by atoms with Crippen LogP contribution < -0.4 is 9.47 Å². The second-order valence-corrected chi connectivity index (χ2v) is 5.00. The molecule has 118 valence electrons. The highest BCUT2D eigenvalue weighted by atomic mass is 19.1. The van der Waals surface area contributed by atoms with Crippen LogP contribution in [0.3, 0.4) is 0 Å². The molecule has 0 bridgehead atoms. The lowest BCUT2D eigenvalue weighted by Crippen LogP contribution is -2.00. The van der Waals surface area contributed by atoms with Crippen molar-refractivity contribution in [1.82, 2.24) is 15.0 Å². The Labute approximate surface area is 133 Å². The zero-order valence-corrected chi connectivity index (χ0v) is 12.6. The minimum atomic E-state index is -0.249. The molecule has 6 heteroatoms. The van der Waals surface area contributed by atoms with Gasteiger partial charge < -0.3 is 9.47 Å². The predicted molar refractivity (Wildman–Crippen MR) is 82.9 cm³/mol. The molecule has 1 heterocycles. The zero-order chi connectivity index (χ0) is 16.1. The summed E-state index contributed by atoms with van der Waals surface area (Å²) in [6, 6.07) is 13.7. The van der Waals surface area contributed by atoms with E-state index in [0.29, 0.717) is 13.2 Å². The molecule has 0 aliphatic carbocycles. The van der Waals surface area contributed by atoms with E-state index < -0.39 is 0 Å². The van der Waals surface area contributed by atoms with Crippen molar-refractivity contribution >= 4 is 0 Å². The van der Waals surface area contributed by atoms with Crippen LogP contribution in [0.5, 0.6) is 11.5 Å². The summed E-state index contributed by atoms with van der Waals surface area (Å²) in [6.45, 7) is 0.867. The van der Waals surface area contributed by atoms with Gasteiger partial charge in [0.1, 0.15) is 29.6 Å². The lowest BCUT2D eigenvalue weighted by atomic mass is 10.2. The van der Waals surface area contributed by atoms with Gasteiger partial charge in [0, 0.05) is 0 Å². The second-order valence-electron chi connectivity index (χ2n) is 5.00. The summed E-state index contributed by atoms with van der Waals surface area (Å²) in [5.74, 6) is 1.27. The van der Waals surface area contributed by atoms with Gasteiger partial charge in [-0.15, -0.1) is 5.10 Å². The van der Waals surface area contributed by atoms with Gasteiger partial charge in [-0.2, -0.15) is 0 Å². The third kappa shape index (κ3) is 4.06. The quantitative estimate of drug-likeness (QED) is 0.702. The normalized spacial score (nSPS) is 10.5. The van der Waals surface area contributed by atoms with Crippen LogP contribution in [0, 0.1) is 5.82 Å². The molecule has 0 saturated carbocycles. The van der Waals surface area contributed by atoms with Crippen LogP contribution in [0.15, 0.2) is 54.7 Å². The summed E-state index contributed by atoms with van der Waals surface area (Å²) in [4.78, 5) is 0. The Morgan fingerprint density at radius 2 is 1.70 bits per heavy atom. The fourth-order valence-corrected chi connectivity index (χ4v) is 2.09. The van der Waals surface area contributed by atoms with Gasteiger partial charge in [-0.25, -0.2) is 9.07 Å². The van der Waals surface area contributed by atoms with E-state index in [2.05, 4.69) is 10.3 Å². The third-order valence-corrected chi connectivity index (χ3v) is 3.29. The SMILES string of the molecule is COc1ccc(OCc2cn(Cc3ccc(F)cc3)nn2)cc1. The molecule has 0 spiro atoms. The standard InChI is InChI=1S/C17H16FN3O2/c1-22-16-6-8-17(9-7-16)23-12-15-11-21(20-19-15)10-13-2-4-14(18)5-3-13/h2-9,11H,10,12H2,1H3. The van der Waals surface area contributed by atoms with Crippen molar-refractivity contribution in [2.24, 2.45) is 0 Å². The van der Waals surface area contributed by atoms with Gasteiger partial charge >= 0.3 is 0 Å². The highest BCUT2D eigenvalue weighted by Crippen LogP contribution is 2.17. The van der Waals surface area contributed by atoms with E-state index in [9.17, 15) is 4.39 Å². The van der Waals surface area contributed by atoms with Crippen LogP contribution in [0.4, 0.5) is 4.39 Å². The number of rotatable bonds is 6. The van der Waals surface area contributed by atoms with E-state index >= 15 is 0 Å². The Balaban J connectivity index is 1.57. The molecule has 0 saturated heterocycles. The number of methoxy groups -OCH3 is 1. The van der Waals surface area contributed by atoms with E-state index in [1.807, 2.05) is 30.5 Å². The van der Waals surface area contributed by atoms with Crippen LogP contribution in [-0.4, -0.2) is 22.1 Å². The maximum absolute atomic E-state index is 12.9. The number of nitrogens with zero attached hydrogens (tertiary/aromatic N) is 3. The monoisotopic (exact) mass is 313 g/mol. The van der Waals surface area contributed by atoms with E-state index in [-0.39, 0.29) is 5.82 Å². The van der Waals surface area contributed by atoms with Crippen molar-refractivity contribution in [2.75, 3.05) is 7.11 Å². The smallest absolute Gasteiger partial charge is 0.134 e. The molecule has 2 aromatic carbocycles. The number of ether oxygens (including phenoxy) is 2. The van der Waals surface area contributed by atoms with Gasteiger partial charge in [0.05, 0.1) is 19.9 Å². The van der Waals surface area contributed by atoms with E-state index in [1.165, 1.54) is 12.1 Å². The topological polar surface area (TPSA) is 49.2 Å². The average Bonchev–Trinajstić information content (AvgIpc) is 3.03. The van der Waals surface area contributed by atoms with Crippen LogP contribution in [-0.2, 0) is 13.2 Å². The Morgan fingerprint density at radius 3 is 2.39 bits per heavy atom. The maximum Gasteiger partial charge on any atom is 0.134 e. The molecule has 0 fully saturated rings. The summed E-state index contributed by atoms with van der Waals surface area (Å²) < 4.78 is 25.3. The summed E-state index contributed by atoms with van der Waals surface area (Å²) in [7, 11) is 1.62. The first-order valence-corrected chi connectivity index (χ1v) is 7.13. The van der Waals surface area contributed by atoms with Gasteiger partial charge in [-0.05, 0) is 42.0 Å². The second kappa shape index (κ2) is 6.91. The fraction of sp³-hybridized carbons (Fsp3) is 0.176. The summed E-state index contributed by atoms with van der Waals surface area (Å²) in [5, 5.41) is 8.11. The van der Waals surface area contributed by atoms with Gasteiger partial charge in [0.15, 0.2) is 0 Å². The molecule has 5 nitrogen and oxygen atoms in total. The van der Waals surface area contributed by atoms with E-state index in [0.717, 1.165) is 22.8 Å². The number of halogens is 1. The summed E-state index contributed by atoms with van der Waals surface area (Å²) >= 11 is 0. The lowest BCUT2D eigenvalue weighted by molar-refractivity contribution is 0.300. The number of aromatic nitrogens is 3. The molecule has 0 N–H and O–H groups in total. The van der Waals surface area contributed by atoms with Crippen molar-refractivity contribution in [1.29, 1.82) is 0 Å². The number of benzene rings is 2.